The zero-order valence-corrected chi connectivity index (χ0v) is 13.8. The number of carbonyl (C=O) groups is 2. The second-order valence-corrected chi connectivity index (χ2v) is 6.03. The van der Waals surface area contributed by atoms with Crippen molar-refractivity contribution < 1.29 is 18.7 Å². The first-order valence-corrected chi connectivity index (χ1v) is 7.91. The predicted octanol–water partition coefficient (Wildman–Crippen LogP) is 1.16. The van der Waals surface area contributed by atoms with Gasteiger partial charge in [0, 0.05) is 31.4 Å². The number of benzene rings is 1. The van der Waals surface area contributed by atoms with E-state index in [2.05, 4.69) is 5.32 Å². The van der Waals surface area contributed by atoms with Crippen molar-refractivity contribution in [3.8, 4) is 0 Å². The van der Waals surface area contributed by atoms with Crippen molar-refractivity contribution >= 4 is 29.3 Å². The summed E-state index contributed by atoms with van der Waals surface area (Å²) < 4.78 is 18.4. The third-order valence-electron chi connectivity index (χ3n) is 3.64. The molecule has 0 aromatic heterocycles. The molecule has 132 valence electrons. The fourth-order valence-electron chi connectivity index (χ4n) is 2.53. The molecule has 9 heteroatoms. The number of halogens is 2. The van der Waals surface area contributed by atoms with Crippen LogP contribution in [0.4, 0.5) is 14.9 Å². The predicted molar refractivity (Wildman–Crippen MR) is 88.1 cm³/mol. The van der Waals surface area contributed by atoms with Gasteiger partial charge in [-0.3, -0.25) is 4.79 Å². The van der Waals surface area contributed by atoms with Crippen LogP contribution < -0.4 is 16.8 Å². The summed E-state index contributed by atoms with van der Waals surface area (Å²) in [6.07, 6.45) is -0.131. The smallest absolute Gasteiger partial charge is 0.409 e. The lowest BCUT2D eigenvalue weighted by molar-refractivity contribution is -0.121. The highest BCUT2D eigenvalue weighted by Gasteiger charge is 2.33. The van der Waals surface area contributed by atoms with Gasteiger partial charge >= 0.3 is 6.09 Å². The van der Waals surface area contributed by atoms with Crippen LogP contribution in [0, 0.1) is 11.7 Å². The molecule has 2 amide bonds. The van der Waals surface area contributed by atoms with E-state index < -0.39 is 17.8 Å². The average molecular weight is 359 g/mol. The van der Waals surface area contributed by atoms with Crippen LogP contribution >= 0.6 is 11.6 Å². The molecule has 2 rings (SSSR count). The van der Waals surface area contributed by atoms with Crippen LogP contribution in [0.1, 0.15) is 6.42 Å². The molecule has 1 fully saturated rings. The van der Waals surface area contributed by atoms with Gasteiger partial charge in [0.05, 0.1) is 10.9 Å². The number of rotatable bonds is 4. The lowest BCUT2D eigenvalue weighted by Crippen LogP contribution is -2.52. The Morgan fingerprint density at radius 1 is 1.42 bits per heavy atom. The Kier molecular flexibility index (Phi) is 6.36. The third kappa shape index (κ3) is 4.80. The number of ether oxygens (including phenoxy) is 1. The fraction of sp³-hybridized carbons (Fsp3) is 0.467. The van der Waals surface area contributed by atoms with E-state index in [4.69, 9.17) is 27.8 Å². The normalized spacial score (nSPS) is 20.6. The largest absolute Gasteiger partial charge is 0.448 e. The quantitative estimate of drug-likeness (QED) is 0.748. The molecule has 5 N–H and O–H groups in total. The summed E-state index contributed by atoms with van der Waals surface area (Å²) in [7, 11) is 0. The van der Waals surface area contributed by atoms with Crippen molar-refractivity contribution in [2.75, 3.05) is 31.6 Å². The van der Waals surface area contributed by atoms with E-state index in [1.165, 1.54) is 17.0 Å². The maximum atomic E-state index is 13.4. The second-order valence-electron chi connectivity index (χ2n) is 5.62. The van der Waals surface area contributed by atoms with Crippen LogP contribution in [0.15, 0.2) is 18.2 Å². The minimum absolute atomic E-state index is 0.0264. The van der Waals surface area contributed by atoms with Gasteiger partial charge in [0.1, 0.15) is 12.4 Å². The zero-order chi connectivity index (χ0) is 17.7. The number of nitrogens with two attached hydrogens (primary N) is 2. The summed E-state index contributed by atoms with van der Waals surface area (Å²) >= 11 is 5.61. The highest BCUT2D eigenvalue weighted by molar-refractivity contribution is 6.30. The number of piperidine rings is 1. The molecule has 0 spiro atoms. The molecule has 1 saturated heterocycles. The highest BCUT2D eigenvalue weighted by atomic mass is 35.5. The Labute approximate surface area is 144 Å². The number of amides is 2. The minimum Gasteiger partial charge on any atom is -0.448 e. The first-order chi connectivity index (χ1) is 11.4. The number of nitrogens with one attached hydrogen (secondary N) is 1. The summed E-state index contributed by atoms with van der Waals surface area (Å²) in [4.78, 5) is 25.7. The van der Waals surface area contributed by atoms with Gasteiger partial charge in [-0.15, -0.1) is 0 Å². The average Bonchev–Trinajstić information content (AvgIpc) is 2.55. The standard InChI is InChI=1S/C15H20ClFN4O3/c16-12-2-1-11(6-13(12)17)20-14(22)9-5-10(19)8-21(7-9)15(23)24-4-3-18/h1-2,6,9-10H,3-5,7-8,18-19H2,(H,20,22). The number of anilines is 1. The van der Waals surface area contributed by atoms with E-state index in [0.717, 1.165) is 6.07 Å². The van der Waals surface area contributed by atoms with E-state index in [1.54, 1.807) is 0 Å². The molecule has 24 heavy (non-hydrogen) atoms. The molecule has 2 atom stereocenters. The van der Waals surface area contributed by atoms with Gasteiger partial charge in [0.25, 0.3) is 0 Å². The Bertz CT molecular complexity index is 616. The molecule has 0 aliphatic carbocycles. The lowest BCUT2D eigenvalue weighted by atomic mass is 9.94. The summed E-state index contributed by atoms with van der Waals surface area (Å²) in [6, 6.07) is 3.65. The first-order valence-electron chi connectivity index (χ1n) is 7.54. The molecule has 1 aliphatic heterocycles. The van der Waals surface area contributed by atoms with Crippen molar-refractivity contribution in [1.29, 1.82) is 0 Å². The molecular formula is C15H20ClFN4O3. The maximum Gasteiger partial charge on any atom is 0.409 e. The molecule has 7 nitrogen and oxygen atoms in total. The van der Waals surface area contributed by atoms with Gasteiger partial charge in [-0.05, 0) is 24.6 Å². The molecule has 1 aromatic rings. The fourth-order valence-corrected chi connectivity index (χ4v) is 2.65. The van der Waals surface area contributed by atoms with E-state index in [0.29, 0.717) is 18.7 Å². The second kappa shape index (κ2) is 8.27. The molecule has 1 aliphatic rings. The van der Waals surface area contributed by atoms with Gasteiger partial charge in [0.2, 0.25) is 5.91 Å². The van der Waals surface area contributed by atoms with E-state index in [1.807, 2.05) is 0 Å². The van der Waals surface area contributed by atoms with Crippen molar-refractivity contribution in [1.82, 2.24) is 4.90 Å². The van der Waals surface area contributed by atoms with Gasteiger partial charge in [-0.2, -0.15) is 0 Å². The zero-order valence-electron chi connectivity index (χ0n) is 13.0. The molecule has 1 aromatic carbocycles. The number of hydrogen-bond donors (Lipinski definition) is 3. The summed E-state index contributed by atoms with van der Waals surface area (Å²) in [6.45, 7) is 0.810. The Balaban J connectivity index is 1.99. The number of nitrogens with zero attached hydrogens (tertiary/aromatic N) is 1. The van der Waals surface area contributed by atoms with Crippen LogP contribution in [-0.4, -0.2) is 49.2 Å². The Hall–Kier alpha value is -1.90. The maximum absolute atomic E-state index is 13.4. The van der Waals surface area contributed by atoms with Gasteiger partial charge in [-0.1, -0.05) is 11.6 Å². The summed E-state index contributed by atoms with van der Waals surface area (Å²) in [5.41, 5.74) is 11.5. The SMILES string of the molecule is NCCOC(=O)N1CC(N)CC(C(=O)Nc2ccc(Cl)c(F)c2)C1. The van der Waals surface area contributed by atoms with Crippen LogP contribution in [0.5, 0.6) is 0 Å². The Morgan fingerprint density at radius 2 is 2.17 bits per heavy atom. The molecule has 0 saturated carbocycles. The van der Waals surface area contributed by atoms with Crippen molar-refractivity contribution in [3.05, 3.63) is 29.0 Å². The Morgan fingerprint density at radius 3 is 2.83 bits per heavy atom. The van der Waals surface area contributed by atoms with Crippen molar-refractivity contribution in [2.24, 2.45) is 17.4 Å². The topological polar surface area (TPSA) is 111 Å². The molecule has 1 heterocycles. The van der Waals surface area contributed by atoms with Gasteiger partial charge in [-0.25, -0.2) is 9.18 Å². The van der Waals surface area contributed by atoms with E-state index >= 15 is 0 Å². The van der Waals surface area contributed by atoms with Crippen molar-refractivity contribution in [2.45, 2.75) is 12.5 Å². The third-order valence-corrected chi connectivity index (χ3v) is 3.95. The van der Waals surface area contributed by atoms with Gasteiger partial charge < -0.3 is 26.4 Å². The summed E-state index contributed by atoms with van der Waals surface area (Å²) in [5, 5.41) is 2.58. The number of carbonyl (C=O) groups excluding carboxylic acids is 2. The van der Waals surface area contributed by atoms with Crippen LogP contribution in [0.3, 0.4) is 0 Å². The van der Waals surface area contributed by atoms with E-state index in [-0.39, 0.29) is 36.7 Å². The highest BCUT2D eigenvalue weighted by Crippen LogP contribution is 2.22. The van der Waals surface area contributed by atoms with Crippen LogP contribution in [0.2, 0.25) is 5.02 Å². The van der Waals surface area contributed by atoms with Crippen LogP contribution in [-0.2, 0) is 9.53 Å². The monoisotopic (exact) mass is 358 g/mol. The van der Waals surface area contributed by atoms with Gasteiger partial charge in [0.15, 0.2) is 0 Å². The molecule has 0 radical (unpaired) electrons. The molecule has 2 unspecified atom stereocenters. The lowest BCUT2D eigenvalue weighted by Gasteiger charge is -2.34. The van der Waals surface area contributed by atoms with Crippen LogP contribution in [0.25, 0.3) is 0 Å². The molecular weight excluding hydrogens is 339 g/mol. The number of hydrogen-bond acceptors (Lipinski definition) is 5. The minimum atomic E-state index is -0.623. The number of likely N-dealkylation sites (tertiary alicyclic amines) is 1. The van der Waals surface area contributed by atoms with E-state index in [9.17, 15) is 14.0 Å². The summed E-state index contributed by atoms with van der Waals surface area (Å²) in [5.74, 6) is -1.48. The first kappa shape index (κ1) is 18.4. The molecule has 0 bridgehead atoms. The van der Waals surface area contributed by atoms with Crippen molar-refractivity contribution in [3.63, 3.8) is 0 Å².